The second kappa shape index (κ2) is 6.80. The van der Waals surface area contributed by atoms with Crippen molar-refractivity contribution >= 4 is 23.2 Å². The summed E-state index contributed by atoms with van der Waals surface area (Å²) >= 11 is 4.74. The number of nitrogens with two attached hydrogens (primary N) is 1. The summed E-state index contributed by atoms with van der Waals surface area (Å²) in [5.74, 6) is -0.232. The first kappa shape index (κ1) is 12.3. The maximum Gasteiger partial charge on any atom is 0.319 e. The Bertz CT molecular complexity index is 185. The number of thiocarbonyl (C=S) groups is 1. The molecule has 4 nitrogen and oxygen atoms in total. The highest BCUT2D eigenvalue weighted by atomic mass is 32.1. The first-order valence-corrected chi connectivity index (χ1v) is 4.58. The van der Waals surface area contributed by atoms with Crippen LogP contribution in [0.4, 0.5) is 0 Å². The zero-order valence-electron chi connectivity index (χ0n) is 8.08. The second-order valence-electron chi connectivity index (χ2n) is 2.66. The summed E-state index contributed by atoms with van der Waals surface area (Å²) in [6.45, 7) is 3.77. The maximum atomic E-state index is 10.9. The maximum absolute atomic E-state index is 10.9. The van der Waals surface area contributed by atoms with Gasteiger partial charge in [-0.05, 0) is 6.54 Å². The third-order valence-electron chi connectivity index (χ3n) is 1.70. The van der Waals surface area contributed by atoms with Crippen LogP contribution in [-0.2, 0) is 9.53 Å². The normalized spacial score (nSPS) is 10.1. The molecule has 0 aromatic carbocycles. The Morgan fingerprint density at radius 2 is 2.23 bits per heavy atom. The number of carbonyl (C=O) groups excluding carboxylic acids is 1. The molecule has 13 heavy (non-hydrogen) atoms. The van der Waals surface area contributed by atoms with E-state index in [2.05, 4.69) is 4.74 Å². The number of carbonyl (C=O) groups is 1. The lowest BCUT2D eigenvalue weighted by molar-refractivity contribution is -0.141. The molecule has 0 aliphatic rings. The number of ether oxygens (including phenoxy) is 1. The van der Waals surface area contributed by atoms with Gasteiger partial charge in [0.25, 0.3) is 0 Å². The predicted molar refractivity (Wildman–Crippen MR) is 55.5 cm³/mol. The zero-order valence-corrected chi connectivity index (χ0v) is 8.89. The van der Waals surface area contributed by atoms with E-state index >= 15 is 0 Å². The summed E-state index contributed by atoms with van der Waals surface area (Å²) < 4.78 is 4.54. The van der Waals surface area contributed by atoms with Crippen molar-refractivity contribution in [2.24, 2.45) is 5.73 Å². The molecule has 0 aliphatic carbocycles. The minimum absolute atomic E-state index is 0.232. The van der Waals surface area contributed by atoms with Crippen molar-refractivity contribution in [1.29, 1.82) is 0 Å². The first-order chi connectivity index (χ1) is 6.10. The molecule has 0 atom stereocenters. The molecule has 0 fully saturated rings. The van der Waals surface area contributed by atoms with Gasteiger partial charge in [-0.2, -0.15) is 0 Å². The van der Waals surface area contributed by atoms with E-state index < -0.39 is 0 Å². The van der Waals surface area contributed by atoms with Crippen molar-refractivity contribution in [3.63, 3.8) is 0 Å². The van der Waals surface area contributed by atoms with Crippen molar-refractivity contribution < 1.29 is 9.53 Å². The topological polar surface area (TPSA) is 55.6 Å². The summed E-state index contributed by atoms with van der Waals surface area (Å²) in [5.41, 5.74) is 5.35. The number of rotatable bonds is 6. The minimum Gasteiger partial charge on any atom is -0.468 e. The molecule has 0 rings (SSSR count). The Balaban J connectivity index is 3.75. The molecule has 0 amide bonds. The van der Waals surface area contributed by atoms with Gasteiger partial charge in [-0.1, -0.05) is 19.1 Å². The molecule has 0 heterocycles. The molecule has 0 aliphatic heterocycles. The third-order valence-corrected chi connectivity index (χ3v) is 1.91. The van der Waals surface area contributed by atoms with E-state index in [1.165, 1.54) is 7.11 Å². The van der Waals surface area contributed by atoms with Gasteiger partial charge in [0.15, 0.2) is 0 Å². The number of hydrogen-bond acceptors (Lipinski definition) is 4. The average molecular weight is 204 g/mol. The highest BCUT2D eigenvalue weighted by Crippen LogP contribution is 1.92. The summed E-state index contributed by atoms with van der Waals surface area (Å²) in [6, 6.07) is 0. The summed E-state index contributed by atoms with van der Waals surface area (Å²) in [6.07, 6.45) is 0.639. The average Bonchev–Trinajstić information content (AvgIpc) is 2.11. The Labute approximate surface area is 84.0 Å². The lowest BCUT2D eigenvalue weighted by atomic mass is 10.3. The van der Waals surface area contributed by atoms with E-state index in [9.17, 15) is 4.79 Å². The van der Waals surface area contributed by atoms with E-state index in [1.54, 1.807) is 0 Å². The summed E-state index contributed by atoms with van der Waals surface area (Å²) in [4.78, 5) is 13.3. The van der Waals surface area contributed by atoms with Crippen LogP contribution in [0.15, 0.2) is 0 Å². The Hall–Kier alpha value is -0.680. The van der Waals surface area contributed by atoms with Crippen LogP contribution < -0.4 is 5.73 Å². The predicted octanol–water partition coefficient (Wildman–Crippen LogP) is 0.158. The second-order valence-corrected chi connectivity index (χ2v) is 3.19. The SMILES string of the molecule is CCN(CCC(N)=S)CC(=O)OC. The number of nitrogens with zero attached hydrogens (tertiary/aromatic N) is 1. The van der Waals surface area contributed by atoms with Crippen molar-refractivity contribution in [3.05, 3.63) is 0 Å². The van der Waals surface area contributed by atoms with Crippen LogP contribution >= 0.6 is 12.2 Å². The van der Waals surface area contributed by atoms with Crippen LogP contribution in [0, 0.1) is 0 Å². The van der Waals surface area contributed by atoms with Crippen molar-refractivity contribution in [3.8, 4) is 0 Å². The van der Waals surface area contributed by atoms with Gasteiger partial charge >= 0.3 is 5.97 Å². The molecular weight excluding hydrogens is 188 g/mol. The molecule has 5 heteroatoms. The number of esters is 1. The lowest BCUT2D eigenvalue weighted by Gasteiger charge is -2.17. The van der Waals surface area contributed by atoms with Crippen LogP contribution in [0.3, 0.4) is 0 Å². The van der Waals surface area contributed by atoms with Crippen LogP contribution in [0.5, 0.6) is 0 Å². The molecule has 0 aromatic rings. The van der Waals surface area contributed by atoms with Crippen LogP contribution in [0.25, 0.3) is 0 Å². The molecule has 0 saturated heterocycles. The van der Waals surface area contributed by atoms with Crippen LogP contribution in [-0.4, -0.2) is 42.6 Å². The van der Waals surface area contributed by atoms with E-state index in [0.717, 1.165) is 6.54 Å². The molecule has 2 N–H and O–H groups in total. The molecule has 0 saturated carbocycles. The van der Waals surface area contributed by atoms with Gasteiger partial charge in [0.1, 0.15) is 0 Å². The quantitative estimate of drug-likeness (QED) is 0.493. The number of likely N-dealkylation sites (N-methyl/N-ethyl adjacent to an activating group) is 1. The van der Waals surface area contributed by atoms with E-state index in [4.69, 9.17) is 18.0 Å². The molecule has 0 spiro atoms. The zero-order chi connectivity index (χ0) is 10.3. The van der Waals surface area contributed by atoms with Gasteiger partial charge in [0, 0.05) is 13.0 Å². The molecule has 0 radical (unpaired) electrons. The molecular formula is C8H16N2O2S. The van der Waals surface area contributed by atoms with E-state index in [-0.39, 0.29) is 5.97 Å². The van der Waals surface area contributed by atoms with Gasteiger partial charge in [-0.25, -0.2) is 0 Å². The Morgan fingerprint density at radius 1 is 1.62 bits per heavy atom. The van der Waals surface area contributed by atoms with E-state index in [1.807, 2.05) is 11.8 Å². The van der Waals surface area contributed by atoms with Crippen molar-refractivity contribution in [2.45, 2.75) is 13.3 Å². The fourth-order valence-electron chi connectivity index (χ4n) is 0.864. The third kappa shape index (κ3) is 6.48. The molecule has 0 bridgehead atoms. The first-order valence-electron chi connectivity index (χ1n) is 4.17. The summed E-state index contributed by atoms with van der Waals surface area (Å²) in [7, 11) is 1.38. The Kier molecular flexibility index (Phi) is 6.44. The van der Waals surface area contributed by atoms with Gasteiger partial charge in [-0.15, -0.1) is 0 Å². The molecule has 76 valence electrons. The van der Waals surface area contributed by atoms with Gasteiger partial charge < -0.3 is 10.5 Å². The van der Waals surface area contributed by atoms with Crippen LogP contribution in [0.1, 0.15) is 13.3 Å². The molecule has 0 unspecified atom stereocenters. The standard InChI is InChI=1S/C8H16N2O2S/c1-3-10(5-4-7(9)13)6-8(11)12-2/h3-6H2,1-2H3,(H2,9,13). The minimum atomic E-state index is -0.232. The highest BCUT2D eigenvalue weighted by molar-refractivity contribution is 7.80. The number of methoxy groups -OCH3 is 1. The Morgan fingerprint density at radius 3 is 2.62 bits per heavy atom. The monoisotopic (exact) mass is 204 g/mol. The fraction of sp³-hybridized carbons (Fsp3) is 0.750. The van der Waals surface area contributed by atoms with Gasteiger partial charge in [0.2, 0.25) is 0 Å². The van der Waals surface area contributed by atoms with E-state index in [0.29, 0.717) is 24.5 Å². The lowest BCUT2D eigenvalue weighted by Crippen LogP contribution is -2.33. The van der Waals surface area contributed by atoms with Crippen molar-refractivity contribution in [2.75, 3.05) is 26.7 Å². The van der Waals surface area contributed by atoms with Crippen LogP contribution in [0.2, 0.25) is 0 Å². The van der Waals surface area contributed by atoms with Gasteiger partial charge in [0.05, 0.1) is 18.6 Å². The van der Waals surface area contributed by atoms with Gasteiger partial charge in [-0.3, -0.25) is 9.69 Å². The summed E-state index contributed by atoms with van der Waals surface area (Å²) in [5, 5.41) is 0. The number of hydrogen-bond donors (Lipinski definition) is 1. The smallest absolute Gasteiger partial charge is 0.319 e. The molecule has 0 aromatic heterocycles. The largest absolute Gasteiger partial charge is 0.468 e. The van der Waals surface area contributed by atoms with Crippen molar-refractivity contribution in [1.82, 2.24) is 4.90 Å². The highest BCUT2D eigenvalue weighted by Gasteiger charge is 2.08. The fourth-order valence-corrected chi connectivity index (χ4v) is 0.956.